The van der Waals surface area contributed by atoms with Crippen LogP contribution in [-0.4, -0.2) is 29.2 Å². The maximum Gasteiger partial charge on any atom is 0.257 e. The van der Waals surface area contributed by atoms with Crippen LogP contribution < -0.4 is 9.62 Å². The number of hydrogen-bond acceptors (Lipinski definition) is 3. The number of nitrogens with zero attached hydrogens (tertiary/aromatic N) is 1. The van der Waals surface area contributed by atoms with Crippen LogP contribution in [-0.2, 0) is 11.0 Å². The molecule has 0 radical (unpaired) electrons. The quantitative estimate of drug-likeness (QED) is 0.636. The zero-order valence-corrected chi connectivity index (χ0v) is 17.4. The third-order valence-electron chi connectivity index (χ3n) is 5.01. The van der Waals surface area contributed by atoms with E-state index in [9.17, 15) is 9.00 Å². The SMILES string of the molecule is CN(c1ccccc1C(=O)Nc1ccc(SCCC2CCC2)cc1)S(C)=O. The molecule has 0 bridgehead atoms. The molecule has 0 aliphatic heterocycles. The zero-order valence-electron chi connectivity index (χ0n) is 15.8. The molecule has 6 heteroatoms. The summed E-state index contributed by atoms with van der Waals surface area (Å²) in [5.74, 6) is 1.89. The first-order valence-electron chi connectivity index (χ1n) is 9.25. The highest BCUT2D eigenvalue weighted by Gasteiger charge is 2.17. The summed E-state index contributed by atoms with van der Waals surface area (Å²) in [6.07, 6.45) is 7.08. The number of hydrogen-bond donors (Lipinski definition) is 1. The Bertz CT molecular complexity index is 804. The lowest BCUT2D eigenvalue weighted by Crippen LogP contribution is -2.23. The Balaban J connectivity index is 1.60. The second-order valence-corrected chi connectivity index (χ2v) is 9.41. The molecule has 0 saturated heterocycles. The Morgan fingerprint density at radius 1 is 1.19 bits per heavy atom. The van der Waals surface area contributed by atoms with Gasteiger partial charge in [0.2, 0.25) is 0 Å². The Morgan fingerprint density at radius 2 is 1.89 bits per heavy atom. The summed E-state index contributed by atoms with van der Waals surface area (Å²) >= 11 is 1.88. The molecule has 0 aromatic heterocycles. The molecular weight excluding hydrogens is 376 g/mol. The highest BCUT2D eigenvalue weighted by Crippen LogP contribution is 2.32. The molecular formula is C21H26N2O2S2. The zero-order chi connectivity index (χ0) is 19.2. The number of benzene rings is 2. The van der Waals surface area contributed by atoms with Crippen LogP contribution in [0, 0.1) is 5.92 Å². The van der Waals surface area contributed by atoms with Crippen molar-refractivity contribution in [2.75, 3.05) is 28.7 Å². The predicted molar refractivity (Wildman–Crippen MR) is 116 cm³/mol. The summed E-state index contributed by atoms with van der Waals surface area (Å²) in [5.41, 5.74) is 1.92. The molecule has 2 aromatic carbocycles. The fraction of sp³-hybridized carbons (Fsp3) is 0.381. The predicted octanol–water partition coefficient (Wildman–Crippen LogP) is 4.95. The van der Waals surface area contributed by atoms with E-state index in [4.69, 9.17) is 0 Å². The van der Waals surface area contributed by atoms with E-state index in [2.05, 4.69) is 17.4 Å². The molecule has 2 aromatic rings. The van der Waals surface area contributed by atoms with Crippen molar-refractivity contribution in [1.29, 1.82) is 0 Å². The first-order chi connectivity index (χ1) is 13.0. The Morgan fingerprint density at radius 3 is 2.52 bits per heavy atom. The molecule has 1 fully saturated rings. The van der Waals surface area contributed by atoms with Crippen molar-refractivity contribution in [3.05, 3.63) is 54.1 Å². The fourth-order valence-corrected chi connectivity index (χ4v) is 4.49. The van der Waals surface area contributed by atoms with E-state index < -0.39 is 11.0 Å². The van der Waals surface area contributed by atoms with Gasteiger partial charge in [-0.25, -0.2) is 4.21 Å². The highest BCUT2D eigenvalue weighted by atomic mass is 32.2. The Labute approximate surface area is 168 Å². The average Bonchev–Trinajstić information content (AvgIpc) is 2.64. The first kappa shape index (κ1) is 20.0. The lowest BCUT2D eigenvalue weighted by atomic mass is 9.84. The third-order valence-corrected chi connectivity index (χ3v) is 7.02. The lowest BCUT2D eigenvalue weighted by molar-refractivity contribution is 0.102. The van der Waals surface area contributed by atoms with Crippen molar-refractivity contribution < 1.29 is 9.00 Å². The fourth-order valence-electron chi connectivity index (χ4n) is 3.04. The van der Waals surface area contributed by atoms with Crippen LogP contribution in [0.25, 0.3) is 0 Å². The molecule has 1 unspecified atom stereocenters. The Hall–Kier alpha value is -1.79. The van der Waals surface area contributed by atoms with Crippen molar-refractivity contribution in [1.82, 2.24) is 0 Å². The molecule has 1 aliphatic carbocycles. The minimum atomic E-state index is -1.19. The van der Waals surface area contributed by atoms with Gasteiger partial charge < -0.3 is 5.32 Å². The van der Waals surface area contributed by atoms with Gasteiger partial charge >= 0.3 is 0 Å². The molecule has 27 heavy (non-hydrogen) atoms. The lowest BCUT2D eigenvalue weighted by Gasteiger charge is -2.24. The molecule has 0 heterocycles. The minimum Gasteiger partial charge on any atom is -0.322 e. The number of amides is 1. The van der Waals surface area contributed by atoms with Crippen LogP contribution in [0.3, 0.4) is 0 Å². The first-order valence-corrected chi connectivity index (χ1v) is 11.7. The summed E-state index contributed by atoms with van der Waals surface area (Å²) in [4.78, 5) is 13.9. The molecule has 1 aliphatic rings. The molecule has 1 saturated carbocycles. The number of para-hydroxylation sites is 1. The van der Waals surface area contributed by atoms with Crippen LogP contribution in [0.5, 0.6) is 0 Å². The number of rotatable bonds is 8. The van der Waals surface area contributed by atoms with Gasteiger partial charge in [0.25, 0.3) is 5.91 Å². The van der Waals surface area contributed by atoms with Gasteiger partial charge in [-0.05, 0) is 54.5 Å². The average molecular weight is 403 g/mol. The third kappa shape index (κ3) is 5.36. The summed E-state index contributed by atoms with van der Waals surface area (Å²) < 4.78 is 13.4. The smallest absolute Gasteiger partial charge is 0.257 e. The molecule has 1 amide bonds. The van der Waals surface area contributed by atoms with Crippen LogP contribution in [0.1, 0.15) is 36.0 Å². The maximum absolute atomic E-state index is 12.7. The summed E-state index contributed by atoms with van der Waals surface area (Å²) in [6, 6.07) is 15.2. The van der Waals surface area contributed by atoms with Gasteiger partial charge in [0.15, 0.2) is 0 Å². The van der Waals surface area contributed by atoms with E-state index in [1.165, 1.54) is 30.6 Å². The van der Waals surface area contributed by atoms with Crippen molar-refractivity contribution >= 4 is 40.0 Å². The van der Waals surface area contributed by atoms with Gasteiger partial charge in [0, 0.05) is 23.9 Å². The number of anilines is 2. The second kappa shape index (κ2) is 9.42. The number of carbonyl (C=O) groups excluding carboxylic acids is 1. The van der Waals surface area contributed by atoms with E-state index in [-0.39, 0.29) is 5.91 Å². The summed E-state index contributed by atoms with van der Waals surface area (Å²) in [5, 5.41) is 2.94. The van der Waals surface area contributed by atoms with Crippen molar-refractivity contribution in [3.8, 4) is 0 Å². The van der Waals surface area contributed by atoms with Crippen LogP contribution in [0.4, 0.5) is 11.4 Å². The summed E-state index contributed by atoms with van der Waals surface area (Å²) in [6.45, 7) is 0. The molecule has 1 atom stereocenters. The van der Waals surface area contributed by atoms with Gasteiger partial charge in [0.1, 0.15) is 11.0 Å². The highest BCUT2D eigenvalue weighted by molar-refractivity contribution is 7.99. The van der Waals surface area contributed by atoms with E-state index in [1.807, 2.05) is 36.0 Å². The van der Waals surface area contributed by atoms with Crippen LogP contribution in [0.2, 0.25) is 0 Å². The van der Waals surface area contributed by atoms with Crippen LogP contribution in [0.15, 0.2) is 53.4 Å². The van der Waals surface area contributed by atoms with Crippen molar-refractivity contribution in [2.24, 2.45) is 5.92 Å². The second-order valence-electron chi connectivity index (χ2n) is 6.85. The maximum atomic E-state index is 12.7. The van der Waals surface area contributed by atoms with E-state index >= 15 is 0 Å². The van der Waals surface area contributed by atoms with Crippen LogP contribution >= 0.6 is 11.8 Å². The molecule has 1 N–H and O–H groups in total. The number of carbonyl (C=O) groups is 1. The minimum absolute atomic E-state index is 0.201. The topological polar surface area (TPSA) is 49.4 Å². The molecule has 4 nitrogen and oxygen atoms in total. The van der Waals surface area contributed by atoms with E-state index in [0.717, 1.165) is 17.4 Å². The largest absolute Gasteiger partial charge is 0.322 e. The van der Waals surface area contributed by atoms with Gasteiger partial charge in [-0.3, -0.25) is 9.10 Å². The van der Waals surface area contributed by atoms with Crippen molar-refractivity contribution in [2.45, 2.75) is 30.6 Å². The standard InChI is InChI=1S/C21H26N2O2S2/c1-23(27(2)25)20-9-4-3-8-19(20)21(24)22-17-10-12-18(13-11-17)26-15-14-16-6-5-7-16/h3-4,8-13,16H,5-7,14-15H2,1-2H3,(H,22,24). The molecule has 144 valence electrons. The molecule has 3 rings (SSSR count). The number of nitrogens with one attached hydrogen (secondary N) is 1. The van der Waals surface area contributed by atoms with E-state index in [1.54, 1.807) is 29.7 Å². The van der Waals surface area contributed by atoms with Gasteiger partial charge in [-0.2, -0.15) is 0 Å². The van der Waals surface area contributed by atoms with Gasteiger partial charge in [-0.1, -0.05) is 31.4 Å². The summed E-state index contributed by atoms with van der Waals surface area (Å²) in [7, 11) is 0.529. The van der Waals surface area contributed by atoms with Gasteiger partial charge in [0.05, 0.1) is 11.3 Å². The van der Waals surface area contributed by atoms with Crippen molar-refractivity contribution in [3.63, 3.8) is 0 Å². The normalized spacial score (nSPS) is 15.0. The van der Waals surface area contributed by atoms with Gasteiger partial charge in [-0.15, -0.1) is 11.8 Å². The number of thioether (sulfide) groups is 1. The monoisotopic (exact) mass is 402 g/mol. The van der Waals surface area contributed by atoms with E-state index in [0.29, 0.717) is 11.3 Å². The molecule has 0 spiro atoms. The Kier molecular flexibility index (Phi) is 6.96.